The molecule has 8 nitrogen and oxygen atoms in total. The van der Waals surface area contributed by atoms with Gasteiger partial charge in [-0.25, -0.2) is 14.6 Å². The van der Waals surface area contributed by atoms with Gasteiger partial charge in [-0.2, -0.15) is 0 Å². The highest BCUT2D eigenvalue weighted by Gasteiger charge is 2.29. The molecule has 8 heteroatoms. The van der Waals surface area contributed by atoms with E-state index in [9.17, 15) is 9.59 Å². The Bertz CT molecular complexity index is 803. The van der Waals surface area contributed by atoms with Crippen molar-refractivity contribution in [1.29, 1.82) is 5.41 Å². The average Bonchev–Trinajstić information content (AvgIpc) is 2.68. The second kappa shape index (κ2) is 10.9. The molecular weight excluding hydrogens is 360 g/mol. The molecule has 2 N–H and O–H groups in total. The summed E-state index contributed by atoms with van der Waals surface area (Å²) in [5.41, 5.74) is 0. The van der Waals surface area contributed by atoms with Crippen LogP contribution in [-0.2, 0) is 9.47 Å². The van der Waals surface area contributed by atoms with E-state index in [1.165, 1.54) is 0 Å². The Morgan fingerprint density at radius 1 is 1.04 bits per heavy atom. The van der Waals surface area contributed by atoms with Gasteiger partial charge in [0, 0.05) is 11.6 Å². The molecule has 0 saturated carbocycles. The molecule has 1 heterocycles. The lowest BCUT2D eigenvalue weighted by atomic mass is 10.2. The van der Waals surface area contributed by atoms with Crippen LogP contribution in [0.5, 0.6) is 0 Å². The highest BCUT2D eigenvalue weighted by molar-refractivity contribution is 6.11. The molecule has 0 aliphatic carbocycles. The van der Waals surface area contributed by atoms with Crippen LogP contribution < -0.4 is 5.32 Å². The number of anilines is 1. The summed E-state index contributed by atoms with van der Waals surface area (Å²) in [6, 6.07) is 9.34. The number of aromatic nitrogens is 1. The first-order valence-electron chi connectivity index (χ1n) is 9.40. The Hall–Kier alpha value is -3.16. The fourth-order valence-corrected chi connectivity index (χ4v) is 2.32. The van der Waals surface area contributed by atoms with E-state index in [2.05, 4.69) is 10.3 Å². The summed E-state index contributed by atoms with van der Waals surface area (Å²) in [5.74, 6) is -0.151. The van der Waals surface area contributed by atoms with Gasteiger partial charge < -0.3 is 14.8 Å². The minimum absolute atomic E-state index is 0.162. The van der Waals surface area contributed by atoms with Crippen molar-refractivity contribution in [1.82, 2.24) is 9.88 Å². The number of imide groups is 1. The number of ether oxygens (including phenoxy) is 2. The fourth-order valence-electron chi connectivity index (χ4n) is 2.32. The number of carbonyl (C=O) groups excluding carboxylic acids is 2. The molecule has 0 radical (unpaired) electrons. The Kier molecular flexibility index (Phi) is 8.20. The van der Waals surface area contributed by atoms with Gasteiger partial charge in [0.15, 0.2) is 0 Å². The number of amides is 2. The highest BCUT2D eigenvalue weighted by atomic mass is 16.6. The molecule has 0 saturated heterocycles. The molecule has 28 heavy (non-hydrogen) atoms. The zero-order valence-corrected chi connectivity index (χ0v) is 16.2. The Labute approximate surface area is 164 Å². The molecule has 0 aliphatic rings. The van der Waals surface area contributed by atoms with Crippen molar-refractivity contribution >= 4 is 34.7 Å². The first-order valence-corrected chi connectivity index (χ1v) is 9.40. The molecule has 0 spiro atoms. The minimum atomic E-state index is -0.951. The summed E-state index contributed by atoms with van der Waals surface area (Å²) in [6.07, 6.45) is 2.75. The van der Waals surface area contributed by atoms with Gasteiger partial charge >= 0.3 is 12.2 Å². The maximum Gasteiger partial charge on any atom is 0.426 e. The zero-order valence-electron chi connectivity index (χ0n) is 16.2. The smallest absolute Gasteiger partial charge is 0.426 e. The van der Waals surface area contributed by atoms with Crippen LogP contribution in [0.15, 0.2) is 36.5 Å². The fraction of sp³-hybridized carbons (Fsp3) is 0.400. The average molecular weight is 386 g/mol. The second-order valence-corrected chi connectivity index (χ2v) is 6.16. The molecule has 0 atom stereocenters. The van der Waals surface area contributed by atoms with Crippen LogP contribution in [-0.4, -0.2) is 41.2 Å². The standard InChI is InChI=1S/C20H26N4O4/c1-3-5-11-27-19(25)24(20(26)28-12-6-4-2)18(21)23-17-13-15-9-7-8-10-16(15)14-22-17/h7-10,13-14H,3-6,11-12H2,1-2H3,(H2,21,22,23). The van der Waals surface area contributed by atoms with Gasteiger partial charge in [0.1, 0.15) is 5.82 Å². The first kappa shape index (κ1) is 21.1. The molecule has 150 valence electrons. The van der Waals surface area contributed by atoms with Gasteiger partial charge in [0.05, 0.1) is 13.2 Å². The number of hydrogen-bond acceptors (Lipinski definition) is 6. The van der Waals surface area contributed by atoms with E-state index in [0.29, 0.717) is 23.6 Å². The summed E-state index contributed by atoms with van der Waals surface area (Å²) in [5, 5.41) is 12.7. The lowest BCUT2D eigenvalue weighted by Gasteiger charge is -2.21. The monoisotopic (exact) mass is 386 g/mol. The van der Waals surface area contributed by atoms with Crippen LogP contribution in [0.2, 0.25) is 0 Å². The van der Waals surface area contributed by atoms with E-state index in [1.54, 1.807) is 12.3 Å². The normalized spacial score (nSPS) is 10.4. The predicted octanol–water partition coefficient (Wildman–Crippen LogP) is 4.76. The number of guanidine groups is 1. The summed E-state index contributed by atoms with van der Waals surface area (Å²) in [6.45, 7) is 4.24. The number of rotatable bonds is 7. The number of pyridine rings is 1. The van der Waals surface area contributed by atoms with Crippen LogP contribution in [0.4, 0.5) is 15.4 Å². The molecule has 2 rings (SSSR count). The molecule has 0 unspecified atom stereocenters. The van der Waals surface area contributed by atoms with E-state index < -0.39 is 18.1 Å². The molecule has 2 aromatic rings. The van der Waals surface area contributed by atoms with Crippen molar-refractivity contribution in [2.24, 2.45) is 0 Å². The van der Waals surface area contributed by atoms with Crippen molar-refractivity contribution in [3.8, 4) is 0 Å². The molecule has 0 fully saturated rings. The molecule has 1 aromatic heterocycles. The molecule has 0 bridgehead atoms. The van der Waals surface area contributed by atoms with Crippen LogP contribution in [0.3, 0.4) is 0 Å². The summed E-state index contributed by atoms with van der Waals surface area (Å²) < 4.78 is 10.2. The quantitative estimate of drug-likeness (QED) is 0.404. The lowest BCUT2D eigenvalue weighted by molar-refractivity contribution is 0.0944. The number of benzene rings is 1. The Balaban J connectivity index is 2.13. The van der Waals surface area contributed by atoms with E-state index >= 15 is 0 Å². The molecule has 2 amide bonds. The van der Waals surface area contributed by atoms with E-state index in [4.69, 9.17) is 14.9 Å². The highest BCUT2D eigenvalue weighted by Crippen LogP contribution is 2.16. The zero-order chi connectivity index (χ0) is 20.4. The molecular formula is C20H26N4O4. The third kappa shape index (κ3) is 5.94. The maximum atomic E-state index is 12.3. The number of carbonyl (C=O) groups is 2. The Morgan fingerprint density at radius 3 is 2.18 bits per heavy atom. The summed E-state index contributed by atoms with van der Waals surface area (Å²) >= 11 is 0. The van der Waals surface area contributed by atoms with Gasteiger partial charge in [0.2, 0.25) is 5.96 Å². The third-order valence-electron chi connectivity index (χ3n) is 3.91. The minimum Gasteiger partial charge on any atom is -0.449 e. The Morgan fingerprint density at radius 2 is 1.61 bits per heavy atom. The summed E-state index contributed by atoms with van der Waals surface area (Å²) in [4.78, 5) is 29.4. The van der Waals surface area contributed by atoms with Gasteiger partial charge in [-0.1, -0.05) is 51.0 Å². The molecule has 0 aliphatic heterocycles. The lowest BCUT2D eigenvalue weighted by Crippen LogP contribution is -2.45. The predicted molar refractivity (Wildman–Crippen MR) is 107 cm³/mol. The van der Waals surface area contributed by atoms with Gasteiger partial charge in [-0.05, 0) is 24.3 Å². The number of hydrogen-bond donors (Lipinski definition) is 2. The number of nitrogens with zero attached hydrogens (tertiary/aromatic N) is 2. The number of fused-ring (bicyclic) bond motifs is 1. The topological polar surface area (TPSA) is 105 Å². The van der Waals surface area contributed by atoms with Crippen molar-refractivity contribution in [3.63, 3.8) is 0 Å². The van der Waals surface area contributed by atoms with Crippen LogP contribution in [0, 0.1) is 5.41 Å². The van der Waals surface area contributed by atoms with Gasteiger partial charge in [-0.3, -0.25) is 5.41 Å². The van der Waals surface area contributed by atoms with Crippen molar-refractivity contribution in [2.45, 2.75) is 39.5 Å². The first-order chi connectivity index (χ1) is 13.6. The molecule has 1 aromatic carbocycles. The number of nitrogens with one attached hydrogen (secondary N) is 2. The van der Waals surface area contributed by atoms with Crippen LogP contribution in [0.1, 0.15) is 39.5 Å². The second-order valence-electron chi connectivity index (χ2n) is 6.16. The largest absolute Gasteiger partial charge is 0.449 e. The van der Waals surface area contributed by atoms with Gasteiger partial charge in [0.25, 0.3) is 0 Å². The van der Waals surface area contributed by atoms with E-state index in [1.807, 2.05) is 38.1 Å². The third-order valence-corrected chi connectivity index (χ3v) is 3.91. The van der Waals surface area contributed by atoms with E-state index in [0.717, 1.165) is 23.6 Å². The van der Waals surface area contributed by atoms with Crippen LogP contribution >= 0.6 is 0 Å². The van der Waals surface area contributed by atoms with Crippen molar-refractivity contribution in [2.75, 3.05) is 18.5 Å². The van der Waals surface area contributed by atoms with Crippen molar-refractivity contribution in [3.05, 3.63) is 36.5 Å². The summed E-state index contributed by atoms with van der Waals surface area (Å²) in [7, 11) is 0. The number of unbranched alkanes of at least 4 members (excludes halogenated alkanes) is 2. The van der Waals surface area contributed by atoms with Crippen LogP contribution in [0.25, 0.3) is 10.8 Å². The van der Waals surface area contributed by atoms with Crippen molar-refractivity contribution < 1.29 is 19.1 Å². The van der Waals surface area contributed by atoms with E-state index in [-0.39, 0.29) is 13.2 Å². The maximum absolute atomic E-state index is 12.3. The SMILES string of the molecule is CCCCOC(=O)N(C(=N)Nc1cc2ccccc2cn1)C(=O)OCCCC. The van der Waals surface area contributed by atoms with Gasteiger partial charge in [-0.15, -0.1) is 4.90 Å².